The minimum absolute atomic E-state index is 0.0363. The molecule has 4 saturated carbocycles. The average molecular weight is 398 g/mol. The summed E-state index contributed by atoms with van der Waals surface area (Å²) < 4.78 is 5.53. The summed E-state index contributed by atoms with van der Waals surface area (Å²) in [7, 11) is 0. The number of ketones is 1. The zero-order valence-corrected chi connectivity index (χ0v) is 17.6. The van der Waals surface area contributed by atoms with Crippen LogP contribution in [0.15, 0.2) is 24.3 Å². The van der Waals surface area contributed by atoms with Gasteiger partial charge in [0, 0.05) is 11.0 Å². The van der Waals surface area contributed by atoms with Crippen molar-refractivity contribution in [3.05, 3.63) is 29.8 Å². The molecule has 0 heterocycles. The summed E-state index contributed by atoms with van der Waals surface area (Å²) in [5, 5.41) is 3.06. The first-order chi connectivity index (χ1) is 13.8. The smallest absolute Gasteiger partial charge is 0.334 e. The topological polar surface area (TPSA) is 72.5 Å². The molecule has 0 unspecified atom stereocenters. The molecule has 1 aromatic rings. The highest BCUT2D eigenvalue weighted by molar-refractivity contribution is 5.94. The Morgan fingerprint density at radius 1 is 0.966 bits per heavy atom. The number of ether oxygens (including phenoxy) is 1. The van der Waals surface area contributed by atoms with Crippen LogP contribution in [0.4, 0.5) is 0 Å². The fraction of sp³-hybridized carbons (Fsp3) is 0.625. The van der Waals surface area contributed by atoms with Crippen LogP contribution in [0.5, 0.6) is 5.75 Å². The predicted octanol–water partition coefficient (Wildman–Crippen LogP) is 4.15. The van der Waals surface area contributed by atoms with Gasteiger partial charge in [0.15, 0.2) is 5.78 Å². The first-order valence-corrected chi connectivity index (χ1v) is 10.9. The third-order valence-corrected chi connectivity index (χ3v) is 7.21. The second-order valence-corrected chi connectivity index (χ2v) is 9.89. The summed E-state index contributed by atoms with van der Waals surface area (Å²) in [5.41, 5.74) is 0.283. The van der Waals surface area contributed by atoms with E-state index in [-0.39, 0.29) is 23.0 Å². The number of Topliss-reactive ketones (excluding diaryl/α,β-unsaturated/α-hetero) is 1. The molecule has 4 fully saturated rings. The van der Waals surface area contributed by atoms with Gasteiger partial charge in [-0.3, -0.25) is 9.59 Å². The van der Waals surface area contributed by atoms with E-state index < -0.39 is 12.0 Å². The molecule has 0 aromatic heterocycles. The van der Waals surface area contributed by atoms with Crippen molar-refractivity contribution in [1.82, 2.24) is 5.32 Å². The maximum Gasteiger partial charge on any atom is 0.334 e. The molecule has 0 spiro atoms. The van der Waals surface area contributed by atoms with E-state index in [0.717, 1.165) is 19.3 Å². The van der Waals surface area contributed by atoms with Gasteiger partial charge in [0.2, 0.25) is 5.91 Å². The van der Waals surface area contributed by atoms with Crippen LogP contribution in [-0.2, 0) is 9.59 Å². The second kappa shape index (κ2) is 7.58. The number of hydrogen-bond donors (Lipinski definition) is 1. The van der Waals surface area contributed by atoms with E-state index in [1.54, 1.807) is 24.3 Å². The van der Waals surface area contributed by atoms with Gasteiger partial charge in [-0.2, -0.15) is 0 Å². The number of carbonyl (C=O) groups is 3. The number of esters is 1. The summed E-state index contributed by atoms with van der Waals surface area (Å²) in [6.07, 6.45) is 6.74. The normalized spacial score (nSPS) is 30.8. The Labute approximate surface area is 172 Å². The van der Waals surface area contributed by atoms with Crippen LogP contribution in [0, 0.1) is 29.1 Å². The maximum absolute atomic E-state index is 13.3. The Balaban J connectivity index is 1.44. The molecule has 4 aliphatic carbocycles. The minimum Gasteiger partial charge on any atom is -0.425 e. The molecule has 1 amide bonds. The summed E-state index contributed by atoms with van der Waals surface area (Å²) >= 11 is 0. The zero-order chi connectivity index (χ0) is 20.8. The van der Waals surface area contributed by atoms with Crippen LogP contribution in [0.3, 0.4) is 0 Å². The summed E-state index contributed by atoms with van der Waals surface area (Å²) in [5.74, 6) is 1.90. The summed E-state index contributed by atoms with van der Waals surface area (Å²) in [6.45, 7) is 5.34. The van der Waals surface area contributed by atoms with Gasteiger partial charge in [0.05, 0.1) is 0 Å². The molecule has 0 radical (unpaired) electrons. The standard InChI is InChI=1S/C24H31NO4/c1-14(2)21(22(27)29-20-6-4-19(5-7-20)15(3)26)25-23(28)24-11-16-8-17(12-24)10-18(9-16)13-24/h4-7,14,16-18,21H,8-13H2,1-3H3,(H,25,28)/t16?,17?,18?,21-,24?/m0/s1. The fourth-order valence-electron chi connectivity index (χ4n) is 6.12. The van der Waals surface area contributed by atoms with Gasteiger partial charge in [0.1, 0.15) is 11.8 Å². The van der Waals surface area contributed by atoms with Gasteiger partial charge in [-0.15, -0.1) is 0 Å². The fourth-order valence-corrected chi connectivity index (χ4v) is 6.12. The average Bonchev–Trinajstić information content (AvgIpc) is 2.64. The number of benzene rings is 1. The molecule has 5 nitrogen and oxygen atoms in total. The van der Waals surface area contributed by atoms with Crippen LogP contribution >= 0.6 is 0 Å². The third-order valence-electron chi connectivity index (χ3n) is 7.21. The number of hydrogen-bond acceptors (Lipinski definition) is 4. The van der Waals surface area contributed by atoms with E-state index in [9.17, 15) is 14.4 Å². The highest BCUT2D eigenvalue weighted by atomic mass is 16.5. The van der Waals surface area contributed by atoms with Crippen molar-refractivity contribution in [2.75, 3.05) is 0 Å². The molecule has 29 heavy (non-hydrogen) atoms. The first-order valence-electron chi connectivity index (χ1n) is 10.9. The Morgan fingerprint density at radius 2 is 1.48 bits per heavy atom. The van der Waals surface area contributed by atoms with E-state index in [1.165, 1.54) is 26.2 Å². The van der Waals surface area contributed by atoms with E-state index in [0.29, 0.717) is 29.1 Å². The molecule has 1 atom stereocenters. The van der Waals surface area contributed by atoms with Crippen molar-refractivity contribution in [2.24, 2.45) is 29.1 Å². The monoisotopic (exact) mass is 397 g/mol. The number of nitrogens with one attached hydrogen (secondary N) is 1. The summed E-state index contributed by atoms with van der Waals surface area (Å²) in [6, 6.07) is 5.84. The van der Waals surface area contributed by atoms with Crippen LogP contribution in [-0.4, -0.2) is 23.7 Å². The van der Waals surface area contributed by atoms with E-state index in [2.05, 4.69) is 5.32 Å². The molecule has 156 valence electrons. The molecule has 4 aliphatic rings. The van der Waals surface area contributed by atoms with Crippen molar-refractivity contribution < 1.29 is 19.1 Å². The molecule has 1 N–H and O–H groups in total. The van der Waals surface area contributed by atoms with Gasteiger partial charge in [0.25, 0.3) is 0 Å². The van der Waals surface area contributed by atoms with Gasteiger partial charge < -0.3 is 10.1 Å². The molecular formula is C24H31NO4. The highest BCUT2D eigenvalue weighted by Gasteiger charge is 2.55. The van der Waals surface area contributed by atoms with Gasteiger partial charge in [-0.05, 0) is 93.4 Å². The molecule has 5 rings (SSSR count). The number of amides is 1. The third kappa shape index (κ3) is 3.96. The SMILES string of the molecule is CC(=O)c1ccc(OC(=O)[C@@H](NC(=O)C23CC4CC(CC(C4)C2)C3)C(C)C)cc1. The molecule has 0 aliphatic heterocycles. The lowest BCUT2D eigenvalue weighted by molar-refractivity contribution is -0.151. The lowest BCUT2D eigenvalue weighted by Gasteiger charge is -2.55. The van der Waals surface area contributed by atoms with E-state index in [4.69, 9.17) is 4.74 Å². The molecule has 4 bridgehead atoms. The van der Waals surface area contributed by atoms with Crippen molar-refractivity contribution >= 4 is 17.7 Å². The Bertz CT molecular complexity index is 775. The number of carbonyl (C=O) groups excluding carboxylic acids is 3. The Kier molecular flexibility index (Phi) is 5.26. The largest absolute Gasteiger partial charge is 0.425 e. The van der Waals surface area contributed by atoms with Gasteiger partial charge >= 0.3 is 5.97 Å². The zero-order valence-electron chi connectivity index (χ0n) is 17.6. The van der Waals surface area contributed by atoms with Crippen LogP contribution in [0.1, 0.15) is 69.7 Å². The highest BCUT2D eigenvalue weighted by Crippen LogP contribution is 2.60. The molecule has 0 saturated heterocycles. The van der Waals surface area contributed by atoms with Crippen molar-refractivity contribution in [3.8, 4) is 5.75 Å². The molecule has 5 heteroatoms. The molecule has 1 aromatic carbocycles. The van der Waals surface area contributed by atoms with Crippen LogP contribution in [0.2, 0.25) is 0 Å². The second-order valence-electron chi connectivity index (χ2n) is 9.89. The Morgan fingerprint density at radius 3 is 1.93 bits per heavy atom. The lowest BCUT2D eigenvalue weighted by atomic mass is 9.49. The van der Waals surface area contributed by atoms with E-state index >= 15 is 0 Å². The van der Waals surface area contributed by atoms with Crippen molar-refractivity contribution in [3.63, 3.8) is 0 Å². The predicted molar refractivity (Wildman–Crippen MR) is 109 cm³/mol. The van der Waals surface area contributed by atoms with E-state index in [1.807, 2.05) is 13.8 Å². The van der Waals surface area contributed by atoms with Crippen LogP contribution in [0.25, 0.3) is 0 Å². The van der Waals surface area contributed by atoms with Gasteiger partial charge in [-0.25, -0.2) is 4.79 Å². The van der Waals surface area contributed by atoms with Crippen molar-refractivity contribution in [2.45, 2.75) is 65.3 Å². The lowest BCUT2D eigenvalue weighted by Crippen LogP contribution is -2.57. The van der Waals surface area contributed by atoms with Crippen molar-refractivity contribution in [1.29, 1.82) is 0 Å². The van der Waals surface area contributed by atoms with Gasteiger partial charge in [-0.1, -0.05) is 13.8 Å². The maximum atomic E-state index is 13.3. The Hall–Kier alpha value is -2.17. The van der Waals surface area contributed by atoms with Crippen LogP contribution < -0.4 is 10.1 Å². The first kappa shape index (κ1) is 20.1. The number of rotatable bonds is 6. The molecular weight excluding hydrogens is 366 g/mol. The minimum atomic E-state index is -0.678. The quantitative estimate of drug-likeness (QED) is 0.445. The summed E-state index contributed by atoms with van der Waals surface area (Å²) in [4.78, 5) is 37.6.